The molecule has 16 heteroatoms. The highest BCUT2D eigenvalue weighted by Gasteiger charge is 2.27. The van der Waals surface area contributed by atoms with Crippen LogP contribution in [0.3, 0.4) is 0 Å². The molecule has 0 radical (unpaired) electrons. The number of amides is 3. The zero-order chi connectivity index (χ0) is 26.8. The Hall–Kier alpha value is -3.82. The highest BCUT2D eigenvalue weighted by atomic mass is 16.2. The van der Waals surface area contributed by atoms with Crippen LogP contribution in [0.1, 0.15) is 38.5 Å². The van der Waals surface area contributed by atoms with E-state index in [1.165, 1.54) is 0 Å². The van der Waals surface area contributed by atoms with Gasteiger partial charge in [-0.3, -0.25) is 30.6 Å². The Bertz CT molecular complexity index is 731. The minimum absolute atomic E-state index is 0.160. The molecule has 0 aromatic carbocycles. The molecule has 0 bridgehead atoms. The van der Waals surface area contributed by atoms with Crippen LogP contribution in [0.5, 0.6) is 0 Å². The van der Waals surface area contributed by atoms with E-state index in [2.05, 4.69) is 31.9 Å². The van der Waals surface area contributed by atoms with Gasteiger partial charge < -0.3 is 54.8 Å². The molecular formula is C19H41N13O3. The van der Waals surface area contributed by atoms with Crippen molar-refractivity contribution in [1.82, 2.24) is 31.9 Å². The minimum Gasteiger partial charge on any atom is -0.370 e. The maximum atomic E-state index is 13.0. The summed E-state index contributed by atoms with van der Waals surface area (Å²) in [7, 11) is 1.62. The van der Waals surface area contributed by atoms with Crippen LogP contribution < -0.4 is 54.8 Å². The molecule has 0 aromatic heterocycles. The van der Waals surface area contributed by atoms with E-state index in [-0.39, 0.29) is 30.7 Å². The fraction of sp³-hybridized carbons (Fsp3) is 0.684. The predicted molar refractivity (Wildman–Crippen MR) is 133 cm³/mol. The van der Waals surface area contributed by atoms with Gasteiger partial charge in [-0.05, 0) is 45.6 Å². The topological polar surface area (TPSA) is 299 Å². The molecular weight excluding hydrogens is 458 g/mol. The Morgan fingerprint density at radius 3 is 1.34 bits per heavy atom. The zero-order valence-electron chi connectivity index (χ0n) is 20.1. The van der Waals surface area contributed by atoms with Crippen molar-refractivity contribution in [3.8, 4) is 0 Å². The van der Waals surface area contributed by atoms with Gasteiger partial charge in [0, 0.05) is 19.6 Å². The van der Waals surface area contributed by atoms with E-state index < -0.39 is 35.8 Å². The largest absolute Gasteiger partial charge is 0.370 e. The third-order valence-electron chi connectivity index (χ3n) is 4.91. The second-order valence-electron chi connectivity index (χ2n) is 7.81. The molecule has 0 aliphatic rings. The highest BCUT2D eigenvalue weighted by Crippen LogP contribution is 2.04. The first-order valence-electron chi connectivity index (χ1n) is 11.3. The SMILES string of the molecule is CN[C@@H](CCCNC(=N)N)C(=O)N[C@H](CCCNC(=N)N)C(=O)N[C@@H](CCCNC(=N)N)C(N)=O. The lowest BCUT2D eigenvalue weighted by atomic mass is 10.1. The summed E-state index contributed by atoms with van der Waals surface area (Å²) in [6.45, 7) is 1.06. The molecule has 0 aliphatic carbocycles. The number of nitrogens with one attached hydrogen (secondary N) is 9. The van der Waals surface area contributed by atoms with E-state index in [0.717, 1.165) is 0 Å². The molecule has 0 saturated carbocycles. The molecule has 0 spiro atoms. The Labute approximate surface area is 205 Å². The van der Waals surface area contributed by atoms with Gasteiger partial charge in [0.15, 0.2) is 17.9 Å². The Balaban J connectivity index is 5.13. The maximum absolute atomic E-state index is 13.0. The normalized spacial score (nSPS) is 12.9. The van der Waals surface area contributed by atoms with Gasteiger partial charge in [0.1, 0.15) is 12.1 Å². The van der Waals surface area contributed by atoms with Gasteiger partial charge >= 0.3 is 0 Å². The summed E-state index contributed by atoms with van der Waals surface area (Å²) < 4.78 is 0. The summed E-state index contributed by atoms with van der Waals surface area (Å²) in [5.74, 6) is -2.28. The van der Waals surface area contributed by atoms with E-state index in [1.807, 2.05) is 0 Å². The van der Waals surface area contributed by atoms with Crippen LogP contribution in [0.15, 0.2) is 0 Å². The summed E-state index contributed by atoms with van der Waals surface area (Å²) in [4.78, 5) is 37.6. The number of primary amides is 1. The first kappa shape index (κ1) is 31.2. The van der Waals surface area contributed by atoms with E-state index in [1.54, 1.807) is 7.05 Å². The van der Waals surface area contributed by atoms with E-state index in [9.17, 15) is 14.4 Å². The first-order chi connectivity index (χ1) is 16.5. The van der Waals surface area contributed by atoms with Crippen molar-refractivity contribution in [2.75, 3.05) is 26.7 Å². The number of carbonyl (C=O) groups is 3. The van der Waals surface area contributed by atoms with Crippen LogP contribution >= 0.6 is 0 Å². The average molecular weight is 500 g/mol. The van der Waals surface area contributed by atoms with Gasteiger partial charge in [-0.15, -0.1) is 0 Å². The Morgan fingerprint density at radius 1 is 0.629 bits per heavy atom. The van der Waals surface area contributed by atoms with Crippen molar-refractivity contribution < 1.29 is 14.4 Å². The van der Waals surface area contributed by atoms with Gasteiger partial charge in [-0.25, -0.2) is 0 Å². The van der Waals surface area contributed by atoms with Crippen molar-refractivity contribution >= 4 is 35.6 Å². The Kier molecular flexibility index (Phi) is 15.7. The van der Waals surface area contributed by atoms with Crippen molar-refractivity contribution in [3.63, 3.8) is 0 Å². The molecule has 16 nitrogen and oxygen atoms in total. The molecule has 3 amide bonds. The fourth-order valence-electron chi connectivity index (χ4n) is 3.09. The Morgan fingerprint density at radius 2 is 0.971 bits per heavy atom. The summed E-state index contributed by atoms with van der Waals surface area (Å²) >= 11 is 0. The molecule has 0 saturated heterocycles. The van der Waals surface area contributed by atoms with Crippen LogP contribution in [0.4, 0.5) is 0 Å². The number of nitrogens with two attached hydrogens (primary N) is 4. The summed E-state index contributed by atoms with van der Waals surface area (Å²) in [6, 6.07) is -2.53. The number of rotatable bonds is 18. The van der Waals surface area contributed by atoms with Gasteiger partial charge in [0.2, 0.25) is 17.7 Å². The summed E-state index contributed by atoms with van der Waals surface area (Å²) in [6.07, 6.45) is 2.25. The quantitative estimate of drug-likeness (QED) is 0.0490. The van der Waals surface area contributed by atoms with Gasteiger partial charge in [0.25, 0.3) is 0 Å². The fourth-order valence-corrected chi connectivity index (χ4v) is 3.09. The highest BCUT2D eigenvalue weighted by molar-refractivity contribution is 5.92. The zero-order valence-corrected chi connectivity index (χ0v) is 20.1. The molecule has 35 heavy (non-hydrogen) atoms. The summed E-state index contributed by atoms with van der Waals surface area (Å²) in [5, 5.41) is 37.6. The number of hydrogen-bond donors (Lipinski definition) is 13. The second-order valence-corrected chi connectivity index (χ2v) is 7.81. The van der Waals surface area contributed by atoms with Crippen molar-refractivity contribution in [2.45, 2.75) is 56.7 Å². The lowest BCUT2D eigenvalue weighted by Crippen LogP contribution is -2.55. The monoisotopic (exact) mass is 499 g/mol. The molecule has 0 rings (SSSR count). The van der Waals surface area contributed by atoms with Crippen molar-refractivity contribution in [1.29, 1.82) is 16.2 Å². The number of guanidine groups is 3. The third-order valence-corrected chi connectivity index (χ3v) is 4.91. The molecule has 0 unspecified atom stereocenters. The number of hydrogen-bond acceptors (Lipinski definition) is 7. The van der Waals surface area contributed by atoms with Crippen molar-refractivity contribution in [3.05, 3.63) is 0 Å². The third kappa shape index (κ3) is 15.6. The molecule has 0 fully saturated rings. The standard InChI is InChI=1S/C19H41N13O3/c1-27-12(6-3-9-29-18(23)24)15(34)32-13(7-4-10-30-19(25)26)16(35)31-11(14(20)33)5-2-8-28-17(21)22/h11-13,27H,2-10H2,1H3,(H2,20,33)(H,31,35)(H,32,34)(H4,21,22,28)(H4,23,24,29)(H4,25,26,30)/t11-,12-,13+/m0/s1. The van der Waals surface area contributed by atoms with E-state index in [4.69, 9.17) is 39.2 Å². The number of likely N-dealkylation sites (N-methyl/N-ethyl adjacent to an activating group) is 1. The van der Waals surface area contributed by atoms with Crippen LogP contribution in [0, 0.1) is 16.2 Å². The van der Waals surface area contributed by atoms with Crippen LogP contribution in [-0.2, 0) is 14.4 Å². The molecule has 3 atom stereocenters. The second kappa shape index (κ2) is 17.6. The minimum atomic E-state index is -0.969. The lowest BCUT2D eigenvalue weighted by molar-refractivity contribution is -0.132. The predicted octanol–water partition coefficient (Wildman–Crippen LogP) is -4.18. The average Bonchev–Trinajstić information content (AvgIpc) is 2.76. The van der Waals surface area contributed by atoms with Gasteiger partial charge in [-0.2, -0.15) is 0 Å². The van der Waals surface area contributed by atoms with Crippen LogP contribution in [0.2, 0.25) is 0 Å². The number of carbonyl (C=O) groups excluding carboxylic acids is 3. The van der Waals surface area contributed by atoms with Crippen molar-refractivity contribution in [2.24, 2.45) is 22.9 Å². The van der Waals surface area contributed by atoms with E-state index in [0.29, 0.717) is 45.3 Å². The van der Waals surface area contributed by atoms with Crippen LogP contribution in [-0.4, -0.2) is 80.4 Å². The lowest BCUT2D eigenvalue weighted by Gasteiger charge is -2.24. The smallest absolute Gasteiger partial charge is 0.243 e. The van der Waals surface area contributed by atoms with Gasteiger partial charge in [0.05, 0.1) is 6.04 Å². The van der Waals surface area contributed by atoms with Gasteiger partial charge in [-0.1, -0.05) is 0 Å². The van der Waals surface area contributed by atoms with Crippen LogP contribution in [0.25, 0.3) is 0 Å². The summed E-state index contributed by atoms with van der Waals surface area (Å²) in [5.41, 5.74) is 21.2. The molecule has 0 aliphatic heterocycles. The van der Waals surface area contributed by atoms with E-state index >= 15 is 0 Å². The first-order valence-corrected chi connectivity index (χ1v) is 11.3. The molecule has 0 heterocycles. The molecule has 0 aromatic rings. The maximum Gasteiger partial charge on any atom is 0.243 e. The molecule has 200 valence electrons. The molecule has 17 N–H and O–H groups in total.